The second kappa shape index (κ2) is 2.31. The van der Waals surface area contributed by atoms with Crippen molar-refractivity contribution in [3.63, 3.8) is 0 Å². The molecule has 0 aliphatic heterocycles. The quantitative estimate of drug-likeness (QED) is 0.512. The molecule has 0 bridgehead atoms. The minimum atomic E-state index is 0.0781. The maximum absolute atomic E-state index is 4.84. The zero-order valence-corrected chi connectivity index (χ0v) is 5.32. The maximum atomic E-state index is 4.84. The fraction of sp³-hybridized carbons (Fsp3) is 0.833. The van der Waals surface area contributed by atoms with E-state index in [4.69, 9.17) is 4.74 Å². The van der Waals surface area contributed by atoms with Crippen LogP contribution >= 0.6 is 0 Å². The molecule has 1 radical (unpaired) electrons. The van der Waals surface area contributed by atoms with Crippen LogP contribution in [0.2, 0.25) is 0 Å². The lowest BCUT2D eigenvalue weighted by Gasteiger charge is -2.14. The number of methoxy groups -OCH3 is 1. The van der Waals surface area contributed by atoms with E-state index in [9.17, 15) is 0 Å². The Morgan fingerprint density at radius 2 is 2.00 bits per heavy atom. The molecular weight excluding hydrogens is 88.1 g/mol. The van der Waals surface area contributed by atoms with Crippen LogP contribution in [0.25, 0.3) is 0 Å². The Bertz CT molecular complexity index is 42.6. The van der Waals surface area contributed by atoms with Crippen molar-refractivity contribution in [2.45, 2.75) is 13.8 Å². The Hall–Kier alpha value is -0.0400. The van der Waals surface area contributed by atoms with Gasteiger partial charge in [-0.2, -0.15) is 0 Å². The van der Waals surface area contributed by atoms with Crippen molar-refractivity contribution in [1.29, 1.82) is 0 Å². The highest BCUT2D eigenvalue weighted by molar-refractivity contribution is 4.68. The molecule has 0 atom stereocenters. The summed E-state index contributed by atoms with van der Waals surface area (Å²) in [6, 6.07) is 0. The molecule has 0 aromatic carbocycles. The third kappa shape index (κ3) is 5.96. The van der Waals surface area contributed by atoms with Crippen molar-refractivity contribution in [3.8, 4) is 0 Å². The van der Waals surface area contributed by atoms with Gasteiger partial charge in [0, 0.05) is 7.11 Å². The second-order valence-corrected chi connectivity index (χ2v) is 2.60. The van der Waals surface area contributed by atoms with Gasteiger partial charge < -0.3 is 4.74 Å². The molecule has 0 rings (SSSR count). The lowest BCUT2D eigenvalue weighted by atomic mass is 9.99. The zero-order chi connectivity index (χ0) is 5.91. The van der Waals surface area contributed by atoms with Crippen LogP contribution in [0.3, 0.4) is 0 Å². The highest BCUT2D eigenvalue weighted by Crippen LogP contribution is 2.10. The Morgan fingerprint density at radius 1 is 1.57 bits per heavy atom. The van der Waals surface area contributed by atoms with Gasteiger partial charge in [0.05, 0.1) is 6.61 Å². The van der Waals surface area contributed by atoms with Crippen LogP contribution in [0.4, 0.5) is 0 Å². The molecule has 1 heteroatoms. The fourth-order valence-corrected chi connectivity index (χ4v) is 0.391. The minimum absolute atomic E-state index is 0.0781. The van der Waals surface area contributed by atoms with Crippen molar-refractivity contribution < 1.29 is 4.74 Å². The average molecular weight is 101 g/mol. The molecule has 7 heavy (non-hydrogen) atoms. The molecule has 0 aliphatic carbocycles. The van der Waals surface area contributed by atoms with Crippen LogP contribution in [0, 0.1) is 12.3 Å². The van der Waals surface area contributed by atoms with Gasteiger partial charge in [-0.1, -0.05) is 13.8 Å². The summed E-state index contributed by atoms with van der Waals surface area (Å²) in [5.74, 6) is 0. The molecule has 0 saturated carbocycles. The summed E-state index contributed by atoms with van der Waals surface area (Å²) in [5.41, 5.74) is 0.0781. The number of hydrogen-bond donors (Lipinski definition) is 0. The molecule has 43 valence electrons. The maximum Gasteiger partial charge on any atom is 0.0513 e. The number of ether oxygens (including phenoxy) is 1. The van der Waals surface area contributed by atoms with Gasteiger partial charge >= 0.3 is 0 Å². The molecule has 0 spiro atoms. The second-order valence-electron chi connectivity index (χ2n) is 2.60. The van der Waals surface area contributed by atoms with Crippen molar-refractivity contribution in [2.24, 2.45) is 5.41 Å². The normalized spacial score (nSPS) is 12.0. The Balaban J connectivity index is 3.15. The first-order valence-electron chi connectivity index (χ1n) is 2.40. The molecule has 0 aromatic rings. The van der Waals surface area contributed by atoms with E-state index in [1.54, 1.807) is 7.11 Å². The van der Waals surface area contributed by atoms with Crippen LogP contribution < -0.4 is 0 Å². The Labute approximate surface area is 45.7 Å². The van der Waals surface area contributed by atoms with E-state index in [0.29, 0.717) is 0 Å². The SMILES string of the molecule is [CH2]C(C)(C)COC. The number of hydrogen-bond acceptors (Lipinski definition) is 1. The van der Waals surface area contributed by atoms with E-state index in [2.05, 4.69) is 6.92 Å². The standard InChI is InChI=1S/C6H13O/c1-6(2,3)5-7-4/h1,5H2,2-4H3. The summed E-state index contributed by atoms with van der Waals surface area (Å²) in [4.78, 5) is 0. The van der Waals surface area contributed by atoms with E-state index in [1.165, 1.54) is 0 Å². The van der Waals surface area contributed by atoms with Crippen molar-refractivity contribution in [2.75, 3.05) is 13.7 Å². The molecule has 0 aromatic heterocycles. The molecule has 0 amide bonds. The average Bonchev–Trinajstić information content (AvgIpc) is 1.30. The van der Waals surface area contributed by atoms with E-state index in [1.807, 2.05) is 13.8 Å². The molecule has 0 unspecified atom stereocenters. The highest BCUT2D eigenvalue weighted by Gasteiger charge is 2.07. The Kier molecular flexibility index (Phi) is 2.30. The monoisotopic (exact) mass is 101 g/mol. The largest absolute Gasteiger partial charge is 0.384 e. The van der Waals surface area contributed by atoms with Crippen LogP contribution in [-0.4, -0.2) is 13.7 Å². The first-order chi connectivity index (χ1) is 3.06. The van der Waals surface area contributed by atoms with Crippen LogP contribution in [0.15, 0.2) is 0 Å². The smallest absolute Gasteiger partial charge is 0.0513 e. The summed E-state index contributed by atoms with van der Waals surface area (Å²) < 4.78 is 4.84. The van der Waals surface area contributed by atoms with Gasteiger partial charge in [0.1, 0.15) is 0 Å². The summed E-state index contributed by atoms with van der Waals surface area (Å²) in [7, 11) is 1.69. The van der Waals surface area contributed by atoms with E-state index in [0.717, 1.165) is 6.61 Å². The predicted molar refractivity (Wildman–Crippen MR) is 31.0 cm³/mol. The highest BCUT2D eigenvalue weighted by atomic mass is 16.5. The molecule has 0 heterocycles. The van der Waals surface area contributed by atoms with Gasteiger partial charge in [-0.15, -0.1) is 0 Å². The lowest BCUT2D eigenvalue weighted by molar-refractivity contribution is 0.131. The fourth-order valence-electron chi connectivity index (χ4n) is 0.391. The van der Waals surface area contributed by atoms with Crippen molar-refractivity contribution >= 4 is 0 Å². The minimum Gasteiger partial charge on any atom is -0.384 e. The molecule has 0 fully saturated rings. The summed E-state index contributed by atoms with van der Waals surface area (Å²) >= 11 is 0. The van der Waals surface area contributed by atoms with Crippen molar-refractivity contribution in [3.05, 3.63) is 6.92 Å². The van der Waals surface area contributed by atoms with E-state index >= 15 is 0 Å². The van der Waals surface area contributed by atoms with Gasteiger partial charge in [0.25, 0.3) is 0 Å². The molecule has 0 saturated heterocycles. The summed E-state index contributed by atoms with van der Waals surface area (Å²) in [6.45, 7) is 8.64. The molecule has 0 N–H and O–H groups in total. The summed E-state index contributed by atoms with van der Waals surface area (Å²) in [6.07, 6.45) is 0. The van der Waals surface area contributed by atoms with Crippen molar-refractivity contribution in [1.82, 2.24) is 0 Å². The predicted octanol–water partition coefficient (Wildman–Crippen LogP) is 1.49. The summed E-state index contributed by atoms with van der Waals surface area (Å²) in [5, 5.41) is 0. The number of rotatable bonds is 2. The Morgan fingerprint density at radius 3 is 2.00 bits per heavy atom. The van der Waals surface area contributed by atoms with Crippen LogP contribution in [0.5, 0.6) is 0 Å². The molecule has 0 aliphatic rings. The van der Waals surface area contributed by atoms with E-state index < -0.39 is 0 Å². The van der Waals surface area contributed by atoms with Gasteiger partial charge in [-0.3, -0.25) is 0 Å². The van der Waals surface area contributed by atoms with Gasteiger partial charge in [0.2, 0.25) is 0 Å². The van der Waals surface area contributed by atoms with Crippen LogP contribution in [0.1, 0.15) is 13.8 Å². The molecule has 1 nitrogen and oxygen atoms in total. The van der Waals surface area contributed by atoms with Crippen LogP contribution in [-0.2, 0) is 4.74 Å². The first kappa shape index (κ1) is 6.96. The van der Waals surface area contributed by atoms with Gasteiger partial charge in [-0.25, -0.2) is 0 Å². The van der Waals surface area contributed by atoms with Gasteiger partial charge in [-0.05, 0) is 12.3 Å². The first-order valence-corrected chi connectivity index (χ1v) is 2.40. The third-order valence-corrected chi connectivity index (χ3v) is 0.535. The van der Waals surface area contributed by atoms with Gasteiger partial charge in [0.15, 0.2) is 0 Å². The lowest BCUT2D eigenvalue weighted by Crippen LogP contribution is -2.12. The molecular formula is C6H13O. The van der Waals surface area contributed by atoms with E-state index in [-0.39, 0.29) is 5.41 Å². The topological polar surface area (TPSA) is 9.23 Å². The third-order valence-electron chi connectivity index (χ3n) is 0.535. The zero-order valence-electron chi connectivity index (χ0n) is 5.32.